The fourth-order valence-corrected chi connectivity index (χ4v) is 5.45. The van der Waals surface area contributed by atoms with Crippen molar-refractivity contribution in [1.82, 2.24) is 4.98 Å². The minimum absolute atomic E-state index is 0.130. The third kappa shape index (κ3) is 6.86. The normalized spacial score (nSPS) is 11.5. The molecule has 0 aliphatic heterocycles. The van der Waals surface area contributed by atoms with Gasteiger partial charge < -0.3 is 20.1 Å². The maximum atomic E-state index is 13.0. The van der Waals surface area contributed by atoms with Gasteiger partial charge in [0.2, 0.25) is 5.91 Å². The molecule has 0 fully saturated rings. The Morgan fingerprint density at radius 1 is 1.00 bits per heavy atom. The van der Waals surface area contributed by atoms with E-state index in [0.29, 0.717) is 39.3 Å². The van der Waals surface area contributed by atoms with Gasteiger partial charge in [0.05, 0.1) is 25.2 Å². The molecule has 1 heterocycles. The molecule has 7 nitrogen and oxygen atoms in total. The molecule has 0 spiro atoms. The van der Waals surface area contributed by atoms with Crippen LogP contribution < -0.4 is 20.1 Å². The number of nitrogens with one attached hydrogen (secondary N) is 2. The lowest BCUT2D eigenvalue weighted by atomic mass is 10.2. The number of anilines is 2. The number of halogens is 1. The van der Waals surface area contributed by atoms with Crippen LogP contribution in [-0.4, -0.2) is 36.3 Å². The van der Waals surface area contributed by atoms with E-state index in [1.54, 1.807) is 31.4 Å². The molecule has 2 N–H and O–H groups in total. The van der Waals surface area contributed by atoms with Crippen molar-refractivity contribution in [2.24, 2.45) is 0 Å². The fraction of sp³-hybridized carbons (Fsp3) is 0.179. The summed E-state index contributed by atoms with van der Waals surface area (Å²) in [4.78, 5) is 31.2. The van der Waals surface area contributed by atoms with Gasteiger partial charge in [-0.1, -0.05) is 36.7 Å². The Hall–Kier alpha value is -3.53. The summed E-state index contributed by atoms with van der Waals surface area (Å²) < 4.78 is 10.5. The molecule has 0 saturated heterocycles. The van der Waals surface area contributed by atoms with E-state index in [1.165, 1.54) is 30.2 Å². The summed E-state index contributed by atoms with van der Waals surface area (Å²) in [5.41, 5.74) is 2.77. The van der Waals surface area contributed by atoms with Gasteiger partial charge in [0.1, 0.15) is 0 Å². The standard InChI is InChI=1S/C28H26ClN3O4S2/c1-4-25(27(34)32-28-31-22(16-37-28)17-8-11-19(29)12-9-17)38-21-7-5-6-20(15-21)30-26(33)18-10-13-23(35-2)24(14-18)36-3/h5-16,25H,4H2,1-3H3,(H,30,33)(H,31,32,34). The number of aromatic nitrogens is 1. The van der Waals surface area contributed by atoms with Gasteiger partial charge in [-0.05, 0) is 55.0 Å². The summed E-state index contributed by atoms with van der Waals surface area (Å²) in [6.07, 6.45) is 0.619. The van der Waals surface area contributed by atoms with E-state index in [0.717, 1.165) is 16.2 Å². The molecule has 1 aromatic heterocycles. The van der Waals surface area contributed by atoms with Crippen LogP contribution in [0.4, 0.5) is 10.8 Å². The molecule has 0 bridgehead atoms. The molecular formula is C28H26ClN3O4S2. The third-order valence-corrected chi connectivity index (χ3v) is 7.92. The second kappa shape index (κ2) is 12.8. The first kappa shape index (κ1) is 27.5. The maximum absolute atomic E-state index is 13.0. The molecule has 4 aromatic rings. The van der Waals surface area contributed by atoms with Crippen LogP contribution in [0.2, 0.25) is 5.02 Å². The van der Waals surface area contributed by atoms with Crippen molar-refractivity contribution in [2.75, 3.05) is 24.9 Å². The quantitative estimate of drug-likeness (QED) is 0.196. The number of benzene rings is 3. The average molecular weight is 568 g/mol. The molecule has 10 heteroatoms. The minimum atomic E-state index is -0.338. The first-order valence-corrected chi connectivity index (χ1v) is 13.9. The number of nitrogens with zero attached hydrogens (tertiary/aromatic N) is 1. The van der Waals surface area contributed by atoms with E-state index in [-0.39, 0.29) is 17.1 Å². The zero-order valence-corrected chi connectivity index (χ0v) is 23.4. The highest BCUT2D eigenvalue weighted by atomic mass is 35.5. The monoisotopic (exact) mass is 567 g/mol. The molecule has 38 heavy (non-hydrogen) atoms. The van der Waals surface area contributed by atoms with Crippen LogP contribution in [0.25, 0.3) is 11.3 Å². The van der Waals surface area contributed by atoms with E-state index in [1.807, 2.05) is 54.8 Å². The van der Waals surface area contributed by atoms with E-state index in [4.69, 9.17) is 21.1 Å². The van der Waals surface area contributed by atoms with Crippen molar-refractivity contribution < 1.29 is 19.1 Å². The van der Waals surface area contributed by atoms with Gasteiger partial charge in [0.25, 0.3) is 5.91 Å². The number of thioether (sulfide) groups is 1. The van der Waals surface area contributed by atoms with Crippen molar-refractivity contribution in [2.45, 2.75) is 23.5 Å². The molecular weight excluding hydrogens is 542 g/mol. The van der Waals surface area contributed by atoms with Gasteiger partial charge in [-0.3, -0.25) is 9.59 Å². The van der Waals surface area contributed by atoms with E-state index >= 15 is 0 Å². The highest BCUT2D eigenvalue weighted by Gasteiger charge is 2.20. The zero-order valence-electron chi connectivity index (χ0n) is 21.0. The number of thiazole rings is 1. The Kier molecular flexibility index (Phi) is 9.28. The number of hydrogen-bond donors (Lipinski definition) is 2. The molecule has 196 valence electrons. The Morgan fingerprint density at radius 2 is 1.76 bits per heavy atom. The molecule has 4 rings (SSSR count). The summed E-state index contributed by atoms with van der Waals surface area (Å²) >= 11 is 8.77. The Balaban J connectivity index is 1.40. The van der Waals surface area contributed by atoms with E-state index in [9.17, 15) is 9.59 Å². The van der Waals surface area contributed by atoms with E-state index in [2.05, 4.69) is 15.6 Å². The number of hydrogen-bond acceptors (Lipinski definition) is 7. The molecule has 2 amide bonds. The van der Waals surface area contributed by atoms with Gasteiger partial charge in [-0.25, -0.2) is 4.98 Å². The van der Waals surface area contributed by atoms with Gasteiger partial charge >= 0.3 is 0 Å². The van der Waals surface area contributed by atoms with Crippen LogP contribution in [0, 0.1) is 0 Å². The number of rotatable bonds is 10. The molecule has 1 unspecified atom stereocenters. The summed E-state index contributed by atoms with van der Waals surface area (Å²) in [6.45, 7) is 1.96. The summed E-state index contributed by atoms with van der Waals surface area (Å²) in [5, 5.41) is 8.59. The van der Waals surface area contributed by atoms with Crippen molar-refractivity contribution >= 4 is 57.3 Å². The smallest absolute Gasteiger partial charge is 0.255 e. The van der Waals surface area contributed by atoms with Crippen LogP contribution in [-0.2, 0) is 4.79 Å². The fourth-order valence-electron chi connectivity index (χ4n) is 3.58. The summed E-state index contributed by atoms with van der Waals surface area (Å²) in [5.74, 6) is 0.611. The zero-order chi connectivity index (χ0) is 27.1. The first-order valence-electron chi connectivity index (χ1n) is 11.7. The molecule has 3 aromatic carbocycles. The van der Waals surface area contributed by atoms with E-state index < -0.39 is 0 Å². The number of carbonyl (C=O) groups excluding carboxylic acids is 2. The van der Waals surface area contributed by atoms with Crippen LogP contribution in [0.1, 0.15) is 23.7 Å². The number of ether oxygens (including phenoxy) is 2. The second-order valence-electron chi connectivity index (χ2n) is 8.10. The van der Waals surface area contributed by atoms with Crippen LogP contribution >= 0.6 is 34.7 Å². The molecule has 0 saturated carbocycles. The lowest BCUT2D eigenvalue weighted by molar-refractivity contribution is -0.115. The lowest BCUT2D eigenvalue weighted by Crippen LogP contribution is -2.24. The highest BCUT2D eigenvalue weighted by Crippen LogP contribution is 2.31. The van der Waals surface area contributed by atoms with Gasteiger partial charge in [-0.15, -0.1) is 23.1 Å². The highest BCUT2D eigenvalue weighted by molar-refractivity contribution is 8.00. The average Bonchev–Trinajstić information content (AvgIpc) is 3.40. The molecule has 0 radical (unpaired) electrons. The van der Waals surface area contributed by atoms with Gasteiger partial charge in [0.15, 0.2) is 16.6 Å². The molecule has 0 aliphatic rings. The first-order chi connectivity index (χ1) is 18.4. The topological polar surface area (TPSA) is 89.5 Å². The predicted molar refractivity (Wildman–Crippen MR) is 155 cm³/mol. The van der Waals surface area contributed by atoms with Crippen molar-refractivity contribution in [1.29, 1.82) is 0 Å². The maximum Gasteiger partial charge on any atom is 0.255 e. The van der Waals surface area contributed by atoms with Gasteiger partial charge in [0, 0.05) is 32.1 Å². The second-order valence-corrected chi connectivity index (χ2v) is 10.7. The van der Waals surface area contributed by atoms with Crippen LogP contribution in [0.15, 0.2) is 77.0 Å². The Morgan fingerprint density at radius 3 is 2.47 bits per heavy atom. The number of amides is 2. The number of methoxy groups -OCH3 is 2. The minimum Gasteiger partial charge on any atom is -0.493 e. The SMILES string of the molecule is CCC(Sc1cccc(NC(=O)c2ccc(OC)c(OC)c2)c1)C(=O)Nc1nc(-c2ccc(Cl)cc2)cs1. The third-order valence-electron chi connectivity index (χ3n) is 5.55. The number of carbonyl (C=O) groups is 2. The van der Waals surface area contributed by atoms with Crippen LogP contribution in [0.5, 0.6) is 11.5 Å². The van der Waals surface area contributed by atoms with Gasteiger partial charge in [-0.2, -0.15) is 0 Å². The Labute approximate surface area is 234 Å². The largest absolute Gasteiger partial charge is 0.493 e. The summed E-state index contributed by atoms with van der Waals surface area (Å²) in [6, 6.07) is 19.8. The summed E-state index contributed by atoms with van der Waals surface area (Å²) in [7, 11) is 3.06. The van der Waals surface area contributed by atoms with Crippen LogP contribution in [0.3, 0.4) is 0 Å². The van der Waals surface area contributed by atoms with Crippen molar-refractivity contribution in [3.63, 3.8) is 0 Å². The predicted octanol–water partition coefficient (Wildman–Crippen LogP) is 7.24. The Bertz CT molecular complexity index is 1430. The molecule has 0 aliphatic carbocycles. The van der Waals surface area contributed by atoms with Crippen molar-refractivity contribution in [3.8, 4) is 22.8 Å². The van der Waals surface area contributed by atoms with Crippen molar-refractivity contribution in [3.05, 3.63) is 82.7 Å². The molecule has 1 atom stereocenters. The lowest BCUT2D eigenvalue weighted by Gasteiger charge is -2.14.